The molecule has 1 amide bonds. The molecule has 2 N–H and O–H groups in total. The molecule has 5 rings (SSSR count). The zero-order chi connectivity index (χ0) is 27.6. The van der Waals surface area contributed by atoms with Gasteiger partial charge >= 0.3 is 12.1 Å². The second kappa shape index (κ2) is 10.9. The zero-order valence-electron chi connectivity index (χ0n) is 21.9. The van der Waals surface area contributed by atoms with Crippen molar-refractivity contribution in [2.75, 3.05) is 5.75 Å². The van der Waals surface area contributed by atoms with Gasteiger partial charge < -0.3 is 19.6 Å². The van der Waals surface area contributed by atoms with Crippen LogP contribution in [0, 0.1) is 0 Å². The molecule has 6 nitrogen and oxygen atoms in total. The van der Waals surface area contributed by atoms with Gasteiger partial charge in [0.15, 0.2) is 0 Å². The maximum Gasteiger partial charge on any atom is 0.408 e. The third-order valence-electron chi connectivity index (χ3n) is 6.19. The molecule has 5 aromatic rings. The Kier molecular flexibility index (Phi) is 7.35. The van der Waals surface area contributed by atoms with E-state index in [9.17, 15) is 14.7 Å². The van der Waals surface area contributed by atoms with Gasteiger partial charge in [-0.3, -0.25) is 0 Å². The minimum absolute atomic E-state index is 0.177. The number of carboxylic acid groups (broad SMARTS) is 1. The van der Waals surface area contributed by atoms with Crippen LogP contribution in [0.15, 0.2) is 100 Å². The molecule has 7 heteroatoms. The highest BCUT2D eigenvalue weighted by Gasteiger charge is 2.24. The van der Waals surface area contributed by atoms with E-state index in [0.717, 1.165) is 49.1 Å². The van der Waals surface area contributed by atoms with Crippen LogP contribution in [0.25, 0.3) is 44.2 Å². The molecule has 0 spiro atoms. The Labute approximate surface area is 231 Å². The highest BCUT2D eigenvalue weighted by molar-refractivity contribution is 7.99. The average Bonchev–Trinajstić information content (AvgIpc) is 3.29. The Balaban J connectivity index is 1.27. The van der Waals surface area contributed by atoms with Gasteiger partial charge in [-0.05, 0) is 55.7 Å². The molecule has 1 aromatic heterocycles. The van der Waals surface area contributed by atoms with Crippen LogP contribution in [-0.4, -0.2) is 34.6 Å². The fraction of sp³-hybridized carbons (Fsp3) is 0.188. The molecule has 0 bridgehead atoms. The van der Waals surface area contributed by atoms with E-state index >= 15 is 0 Å². The van der Waals surface area contributed by atoms with E-state index in [2.05, 4.69) is 53.8 Å². The van der Waals surface area contributed by atoms with Crippen LogP contribution in [0.2, 0.25) is 0 Å². The van der Waals surface area contributed by atoms with Gasteiger partial charge in [0.2, 0.25) is 0 Å². The Hall–Kier alpha value is -4.23. The molecule has 0 radical (unpaired) electrons. The van der Waals surface area contributed by atoms with Crippen molar-refractivity contribution in [3.05, 3.63) is 91.0 Å². The van der Waals surface area contributed by atoms with Crippen LogP contribution in [-0.2, 0) is 9.53 Å². The fourth-order valence-corrected chi connectivity index (χ4v) is 5.28. The first kappa shape index (κ1) is 26.4. The van der Waals surface area contributed by atoms with E-state index in [0.29, 0.717) is 0 Å². The lowest BCUT2D eigenvalue weighted by molar-refractivity contribution is -0.138. The van der Waals surface area contributed by atoms with Crippen molar-refractivity contribution >= 4 is 45.8 Å². The molecular weight excluding hydrogens is 510 g/mol. The predicted octanol–water partition coefficient (Wildman–Crippen LogP) is 7.99. The lowest BCUT2D eigenvalue weighted by atomic mass is 9.99. The van der Waals surface area contributed by atoms with Gasteiger partial charge in [0.1, 0.15) is 22.8 Å². The van der Waals surface area contributed by atoms with Crippen LogP contribution in [0.5, 0.6) is 0 Å². The average molecular weight is 540 g/mol. The summed E-state index contributed by atoms with van der Waals surface area (Å²) in [5.74, 6) is -0.931. The number of aliphatic carboxylic acids is 1. The van der Waals surface area contributed by atoms with E-state index in [4.69, 9.17) is 9.15 Å². The molecule has 0 aliphatic carbocycles. The second-order valence-electron chi connectivity index (χ2n) is 10.2. The predicted molar refractivity (Wildman–Crippen MR) is 156 cm³/mol. The van der Waals surface area contributed by atoms with Crippen molar-refractivity contribution < 1.29 is 23.8 Å². The number of furan rings is 1. The Morgan fingerprint density at radius 1 is 0.846 bits per heavy atom. The Bertz CT molecular complexity index is 1630. The molecule has 1 unspecified atom stereocenters. The molecule has 0 saturated heterocycles. The number of amides is 1. The number of nitrogens with one attached hydrogen (secondary N) is 1. The lowest BCUT2D eigenvalue weighted by Gasteiger charge is -2.21. The molecule has 0 saturated carbocycles. The summed E-state index contributed by atoms with van der Waals surface area (Å²) in [5, 5.41) is 14.1. The number of fused-ring (bicyclic) bond motifs is 3. The van der Waals surface area contributed by atoms with Gasteiger partial charge in [-0.25, -0.2) is 9.59 Å². The van der Waals surface area contributed by atoms with Crippen LogP contribution in [0.4, 0.5) is 4.79 Å². The number of carbonyl (C=O) groups excluding carboxylic acids is 1. The maximum atomic E-state index is 12.0. The molecule has 0 aliphatic rings. The summed E-state index contributed by atoms with van der Waals surface area (Å²) in [5.41, 5.74) is 5.31. The van der Waals surface area contributed by atoms with Crippen LogP contribution < -0.4 is 5.32 Å². The first-order valence-corrected chi connectivity index (χ1v) is 13.6. The molecule has 1 heterocycles. The van der Waals surface area contributed by atoms with Crippen molar-refractivity contribution in [2.45, 2.75) is 37.3 Å². The summed E-state index contributed by atoms with van der Waals surface area (Å²) in [6.07, 6.45) is -0.745. The van der Waals surface area contributed by atoms with E-state index in [1.807, 2.05) is 42.5 Å². The summed E-state index contributed by atoms with van der Waals surface area (Å²) in [6, 6.07) is 29.5. The summed E-state index contributed by atoms with van der Waals surface area (Å²) < 4.78 is 11.4. The molecule has 1 atom stereocenters. The SMILES string of the molecule is CC(C)(C)OC(=O)NC(CSc1ccc(-c2ccc(-c3cccc4c3oc3ccccc34)cc2)cc1)C(=O)O. The monoisotopic (exact) mass is 539 g/mol. The summed E-state index contributed by atoms with van der Waals surface area (Å²) in [4.78, 5) is 24.5. The van der Waals surface area contributed by atoms with E-state index < -0.39 is 23.7 Å². The third kappa shape index (κ3) is 6.10. The van der Waals surface area contributed by atoms with Crippen molar-refractivity contribution in [2.24, 2.45) is 0 Å². The standard InChI is InChI=1S/C32H29NO5S/c1-32(2,3)38-31(36)33-27(30(34)35)19-39-23-17-15-21(16-18-23)20-11-13-22(14-12-20)24-8-6-9-26-25-7-4-5-10-28(25)37-29(24)26/h4-18,27H,19H2,1-3H3,(H,33,36)(H,34,35). The van der Waals surface area contributed by atoms with Gasteiger partial charge in [0.05, 0.1) is 0 Å². The Morgan fingerprint density at radius 2 is 1.46 bits per heavy atom. The minimum atomic E-state index is -1.11. The van der Waals surface area contributed by atoms with Gasteiger partial charge in [-0.2, -0.15) is 0 Å². The number of hydrogen-bond acceptors (Lipinski definition) is 5. The number of carbonyl (C=O) groups is 2. The van der Waals surface area contributed by atoms with E-state index in [-0.39, 0.29) is 5.75 Å². The summed E-state index contributed by atoms with van der Waals surface area (Å²) in [7, 11) is 0. The van der Waals surface area contributed by atoms with Crippen molar-refractivity contribution in [1.82, 2.24) is 5.32 Å². The maximum absolute atomic E-state index is 12.0. The molecular formula is C32H29NO5S. The van der Waals surface area contributed by atoms with Crippen LogP contribution in [0.1, 0.15) is 20.8 Å². The largest absolute Gasteiger partial charge is 0.480 e. The molecule has 0 aliphatic heterocycles. The second-order valence-corrected chi connectivity index (χ2v) is 11.3. The molecule has 39 heavy (non-hydrogen) atoms. The molecule has 0 fully saturated rings. The topological polar surface area (TPSA) is 88.8 Å². The number of alkyl carbamates (subject to hydrolysis) is 1. The summed E-state index contributed by atoms with van der Waals surface area (Å²) in [6.45, 7) is 5.19. The Morgan fingerprint density at radius 3 is 2.13 bits per heavy atom. The molecule has 198 valence electrons. The van der Waals surface area contributed by atoms with Gasteiger partial charge in [0, 0.05) is 27.0 Å². The fourth-order valence-electron chi connectivity index (χ4n) is 4.36. The van der Waals surface area contributed by atoms with Gasteiger partial charge in [0.25, 0.3) is 0 Å². The quantitative estimate of drug-likeness (QED) is 0.204. The van der Waals surface area contributed by atoms with E-state index in [1.54, 1.807) is 20.8 Å². The number of hydrogen-bond donors (Lipinski definition) is 2. The number of benzene rings is 4. The number of rotatable bonds is 7. The first-order chi connectivity index (χ1) is 18.7. The van der Waals surface area contributed by atoms with Crippen molar-refractivity contribution in [3.63, 3.8) is 0 Å². The first-order valence-electron chi connectivity index (χ1n) is 12.6. The number of ether oxygens (including phenoxy) is 1. The highest BCUT2D eigenvalue weighted by Crippen LogP contribution is 2.36. The van der Waals surface area contributed by atoms with Gasteiger partial charge in [-0.1, -0.05) is 72.8 Å². The van der Waals surface area contributed by atoms with Crippen LogP contribution in [0.3, 0.4) is 0 Å². The van der Waals surface area contributed by atoms with Crippen molar-refractivity contribution in [1.29, 1.82) is 0 Å². The zero-order valence-corrected chi connectivity index (χ0v) is 22.7. The van der Waals surface area contributed by atoms with Crippen LogP contribution >= 0.6 is 11.8 Å². The smallest absolute Gasteiger partial charge is 0.408 e. The summed E-state index contributed by atoms with van der Waals surface area (Å²) >= 11 is 1.36. The van der Waals surface area contributed by atoms with Gasteiger partial charge in [-0.15, -0.1) is 11.8 Å². The number of thioether (sulfide) groups is 1. The normalized spacial score (nSPS) is 12.4. The number of carboxylic acids is 1. The van der Waals surface area contributed by atoms with E-state index in [1.165, 1.54) is 11.8 Å². The minimum Gasteiger partial charge on any atom is -0.480 e. The lowest BCUT2D eigenvalue weighted by Crippen LogP contribution is -2.44. The highest BCUT2D eigenvalue weighted by atomic mass is 32.2. The molecule has 4 aromatic carbocycles. The van der Waals surface area contributed by atoms with Crippen molar-refractivity contribution in [3.8, 4) is 22.3 Å². The number of para-hydroxylation sites is 2. The third-order valence-corrected chi connectivity index (χ3v) is 7.30.